The molecular weight excluding hydrogens is 801 g/mol. The molecule has 8 aromatic rings. The standard InChI is InChI=1S/C62H70Si2/c1-59(2,3)43-31-41-33-45(61(7,8)9)37-53-55(41)51(35-43)49(29-23-39-19-25-47(26-20-39)63(13,14)15)57-54-38-46(62(10,11)12)34-42-32-44(60(4,5)6)36-52(56(42)54)50(58(53)57)30-24-40-21-27-48(28-22-40)64(16,17)18/h19-22,25-28,31-38H,1-18H3. The van der Waals surface area contributed by atoms with E-state index in [-0.39, 0.29) is 21.7 Å². The lowest BCUT2D eigenvalue weighted by molar-refractivity contribution is 0.589. The quantitative estimate of drug-likeness (QED) is 0.0703. The van der Waals surface area contributed by atoms with E-state index in [0.29, 0.717) is 0 Å². The second-order valence-electron chi connectivity index (χ2n) is 24.9. The van der Waals surface area contributed by atoms with Gasteiger partial charge in [-0.25, -0.2) is 0 Å². The largest absolute Gasteiger partial charge is 0.0775 e. The maximum atomic E-state index is 3.96. The summed E-state index contributed by atoms with van der Waals surface area (Å²) in [4.78, 5) is 0. The van der Waals surface area contributed by atoms with Crippen LogP contribution in [0.3, 0.4) is 0 Å². The molecule has 8 aromatic carbocycles. The van der Waals surface area contributed by atoms with Crippen LogP contribution in [0, 0.1) is 23.7 Å². The summed E-state index contributed by atoms with van der Waals surface area (Å²) in [6.07, 6.45) is 0. The van der Waals surface area contributed by atoms with Crippen LogP contribution in [0.2, 0.25) is 39.3 Å². The molecule has 0 amide bonds. The van der Waals surface area contributed by atoms with Crippen LogP contribution >= 0.6 is 0 Å². The van der Waals surface area contributed by atoms with Crippen molar-refractivity contribution >= 4 is 80.4 Å². The van der Waals surface area contributed by atoms with E-state index in [1.807, 2.05) is 0 Å². The predicted octanol–water partition coefficient (Wildman–Crippen LogP) is 16.0. The Labute approximate surface area is 387 Å². The monoisotopic (exact) mass is 871 g/mol. The Morgan fingerprint density at radius 3 is 0.828 bits per heavy atom. The Bertz CT molecular complexity index is 3040. The fraction of sp³-hybridized carbons (Fsp3) is 0.355. The zero-order valence-electron chi connectivity index (χ0n) is 42.2. The molecule has 0 N–H and O–H groups in total. The number of benzene rings is 8. The van der Waals surface area contributed by atoms with Gasteiger partial charge in [-0.1, -0.05) is 205 Å². The van der Waals surface area contributed by atoms with E-state index >= 15 is 0 Å². The van der Waals surface area contributed by atoms with Gasteiger partial charge >= 0.3 is 0 Å². The molecular formula is C62H70Si2. The molecule has 64 heavy (non-hydrogen) atoms. The highest BCUT2D eigenvalue weighted by atomic mass is 28.3. The molecule has 0 bridgehead atoms. The first-order valence-corrected chi connectivity index (χ1v) is 30.5. The highest BCUT2D eigenvalue weighted by Gasteiger charge is 2.28. The Balaban J connectivity index is 1.68. The van der Waals surface area contributed by atoms with Crippen LogP contribution in [-0.2, 0) is 21.7 Å². The topological polar surface area (TPSA) is 0 Å². The van der Waals surface area contributed by atoms with E-state index in [0.717, 1.165) is 22.3 Å². The van der Waals surface area contributed by atoms with Gasteiger partial charge in [-0.15, -0.1) is 0 Å². The van der Waals surface area contributed by atoms with Crippen molar-refractivity contribution in [1.82, 2.24) is 0 Å². The van der Waals surface area contributed by atoms with Gasteiger partial charge in [0.1, 0.15) is 0 Å². The summed E-state index contributed by atoms with van der Waals surface area (Å²) in [5.74, 6) is 15.5. The molecule has 0 nitrogen and oxygen atoms in total. The molecule has 0 saturated heterocycles. The lowest BCUT2D eigenvalue weighted by atomic mass is 9.75. The number of fused-ring (bicyclic) bond motifs is 3. The van der Waals surface area contributed by atoms with E-state index < -0.39 is 16.1 Å². The molecule has 0 atom stereocenters. The maximum Gasteiger partial charge on any atom is 0.0775 e. The SMILES string of the molecule is CC(C)(C)c1cc2cc(C(C)(C)C)cc3c4c(C#Cc5ccc([Si](C)(C)C)cc5)c5cc(C(C)(C)C)cc6cc(C(C)(C)C)cc(c4c(C#Cc4ccc([Si](C)(C)C)cc4)c(c1)c23)c65. The van der Waals surface area contributed by atoms with Crippen molar-refractivity contribution in [3.05, 3.63) is 142 Å². The minimum absolute atomic E-state index is 0.0712. The molecule has 0 spiro atoms. The Morgan fingerprint density at radius 1 is 0.312 bits per heavy atom. The first-order valence-electron chi connectivity index (χ1n) is 23.5. The van der Waals surface area contributed by atoms with E-state index in [1.165, 1.54) is 86.5 Å². The first-order chi connectivity index (χ1) is 29.5. The van der Waals surface area contributed by atoms with E-state index in [9.17, 15) is 0 Å². The summed E-state index contributed by atoms with van der Waals surface area (Å²) >= 11 is 0. The number of hydrogen-bond donors (Lipinski definition) is 0. The predicted molar refractivity (Wildman–Crippen MR) is 291 cm³/mol. The fourth-order valence-electron chi connectivity index (χ4n) is 9.25. The van der Waals surface area contributed by atoms with Crippen molar-refractivity contribution in [1.29, 1.82) is 0 Å². The van der Waals surface area contributed by atoms with E-state index in [2.05, 4.69) is 243 Å². The average molecular weight is 871 g/mol. The number of hydrogen-bond acceptors (Lipinski definition) is 0. The van der Waals surface area contributed by atoms with Crippen molar-refractivity contribution in [2.45, 2.75) is 144 Å². The molecule has 0 aliphatic rings. The van der Waals surface area contributed by atoms with Crippen molar-refractivity contribution in [2.75, 3.05) is 0 Å². The van der Waals surface area contributed by atoms with Crippen LogP contribution < -0.4 is 10.4 Å². The summed E-state index contributed by atoms with van der Waals surface area (Å²) in [7, 11) is -2.95. The average Bonchev–Trinajstić information content (AvgIpc) is 3.18. The summed E-state index contributed by atoms with van der Waals surface area (Å²) in [6.45, 7) is 42.6. The summed E-state index contributed by atoms with van der Waals surface area (Å²) < 4.78 is 0. The lowest BCUT2D eigenvalue weighted by Gasteiger charge is -2.28. The van der Waals surface area contributed by atoms with Crippen LogP contribution in [-0.4, -0.2) is 16.1 Å². The molecule has 0 aliphatic carbocycles. The van der Waals surface area contributed by atoms with Gasteiger partial charge < -0.3 is 0 Å². The molecule has 0 unspecified atom stereocenters. The van der Waals surface area contributed by atoms with Gasteiger partial charge in [0.15, 0.2) is 0 Å². The van der Waals surface area contributed by atoms with Gasteiger partial charge in [0.2, 0.25) is 0 Å². The molecule has 0 fully saturated rings. The maximum absolute atomic E-state index is 3.96. The molecule has 326 valence electrons. The summed E-state index contributed by atoms with van der Waals surface area (Å²) in [6, 6.07) is 38.0. The van der Waals surface area contributed by atoms with Crippen molar-refractivity contribution < 1.29 is 0 Å². The highest BCUT2D eigenvalue weighted by Crippen LogP contribution is 2.49. The molecule has 0 heterocycles. The van der Waals surface area contributed by atoms with Crippen LogP contribution in [0.1, 0.15) is 128 Å². The fourth-order valence-corrected chi connectivity index (χ4v) is 11.6. The van der Waals surface area contributed by atoms with Crippen molar-refractivity contribution in [2.24, 2.45) is 0 Å². The Hall–Kier alpha value is -5.13. The molecule has 0 aromatic heterocycles. The van der Waals surface area contributed by atoms with Gasteiger partial charge in [-0.3, -0.25) is 0 Å². The normalized spacial score (nSPS) is 13.2. The van der Waals surface area contributed by atoms with Gasteiger partial charge in [0.25, 0.3) is 0 Å². The van der Waals surface area contributed by atoms with Crippen LogP contribution in [0.25, 0.3) is 53.9 Å². The Kier molecular flexibility index (Phi) is 10.8. The van der Waals surface area contributed by atoms with Gasteiger partial charge in [0, 0.05) is 33.0 Å². The number of rotatable bonds is 2. The Morgan fingerprint density at radius 2 is 0.578 bits per heavy atom. The van der Waals surface area contributed by atoms with Gasteiger partial charge in [-0.05, 0) is 136 Å². The van der Waals surface area contributed by atoms with Gasteiger partial charge in [0.05, 0.1) is 16.1 Å². The summed E-state index contributed by atoms with van der Waals surface area (Å²) in [5.41, 5.74) is 9.26. The molecule has 8 rings (SSSR count). The van der Waals surface area contributed by atoms with Crippen LogP contribution in [0.15, 0.2) is 97.1 Å². The summed E-state index contributed by atoms with van der Waals surface area (Å²) in [5, 5.41) is 15.4. The highest BCUT2D eigenvalue weighted by molar-refractivity contribution is 6.89. The minimum Gasteiger partial charge on any atom is -0.0656 e. The van der Waals surface area contributed by atoms with Crippen LogP contribution in [0.5, 0.6) is 0 Å². The first kappa shape index (κ1) is 45.4. The third-order valence-electron chi connectivity index (χ3n) is 13.6. The lowest BCUT2D eigenvalue weighted by Crippen LogP contribution is -2.37. The van der Waals surface area contributed by atoms with E-state index in [1.54, 1.807) is 0 Å². The van der Waals surface area contributed by atoms with E-state index in [4.69, 9.17) is 0 Å². The third kappa shape index (κ3) is 8.46. The zero-order valence-corrected chi connectivity index (χ0v) is 44.2. The minimum atomic E-state index is -1.47. The third-order valence-corrected chi connectivity index (χ3v) is 17.7. The second-order valence-corrected chi connectivity index (χ2v) is 35.1. The van der Waals surface area contributed by atoms with Gasteiger partial charge in [-0.2, -0.15) is 0 Å². The molecule has 2 heteroatoms. The van der Waals surface area contributed by atoms with Crippen LogP contribution in [0.4, 0.5) is 0 Å². The second kappa shape index (κ2) is 15.2. The van der Waals surface area contributed by atoms with Crippen molar-refractivity contribution in [3.63, 3.8) is 0 Å². The molecule has 0 saturated carbocycles. The smallest absolute Gasteiger partial charge is 0.0656 e. The van der Waals surface area contributed by atoms with Crippen molar-refractivity contribution in [3.8, 4) is 23.7 Å². The molecule has 0 radical (unpaired) electrons. The zero-order chi connectivity index (χ0) is 46.7. The molecule has 0 aliphatic heterocycles.